The van der Waals surface area contributed by atoms with Gasteiger partial charge in [-0.15, -0.1) is 0 Å². The predicted molar refractivity (Wildman–Crippen MR) is 166 cm³/mol. The van der Waals surface area contributed by atoms with Crippen molar-refractivity contribution in [3.05, 3.63) is 78.5 Å². The predicted octanol–water partition coefficient (Wildman–Crippen LogP) is 4.45. The molecule has 0 fully saturated rings. The Hall–Kier alpha value is -4.05. The van der Waals surface area contributed by atoms with E-state index in [0.29, 0.717) is 49.8 Å². The topological polar surface area (TPSA) is 91.6 Å². The van der Waals surface area contributed by atoms with E-state index in [-0.39, 0.29) is 12.2 Å². The third-order valence-electron chi connectivity index (χ3n) is 7.26. The van der Waals surface area contributed by atoms with Crippen molar-refractivity contribution in [3.8, 4) is 17.2 Å². The minimum atomic E-state index is -0.819. The van der Waals surface area contributed by atoms with E-state index in [0.717, 1.165) is 30.8 Å². The molecular formula is C32H39N3O6S. The lowest BCUT2D eigenvalue weighted by Gasteiger charge is -2.27. The fourth-order valence-corrected chi connectivity index (χ4v) is 6.22. The van der Waals surface area contributed by atoms with Crippen LogP contribution in [-0.2, 0) is 9.53 Å². The number of fused-ring (bicyclic) bond motifs is 1. The Kier molecular flexibility index (Phi) is 10.1. The van der Waals surface area contributed by atoms with Crippen LogP contribution >= 0.6 is 11.3 Å². The van der Waals surface area contributed by atoms with Crippen molar-refractivity contribution < 1.29 is 23.7 Å². The first-order valence-electron chi connectivity index (χ1n) is 14.2. The first-order valence-corrected chi connectivity index (χ1v) is 15.0. The van der Waals surface area contributed by atoms with Gasteiger partial charge in [-0.25, -0.2) is 9.79 Å². The first-order chi connectivity index (χ1) is 20.3. The van der Waals surface area contributed by atoms with Crippen LogP contribution in [-0.4, -0.2) is 51.6 Å². The molecule has 0 saturated heterocycles. The average Bonchev–Trinajstić information content (AvgIpc) is 3.31. The second kappa shape index (κ2) is 13.7. The SMILES string of the molecule is CCCC1=C(C(=O)OCC)[C@H](c2cc(OC)ccc2OC)n2c(s/c(=C\c3ccc(N(CC)CC)cc3OC)c2=O)=N1. The maximum Gasteiger partial charge on any atom is 0.338 e. The summed E-state index contributed by atoms with van der Waals surface area (Å²) in [7, 11) is 4.75. The zero-order valence-corrected chi connectivity index (χ0v) is 26.2. The van der Waals surface area contributed by atoms with Crippen LogP contribution in [0, 0.1) is 0 Å². The molecule has 0 bridgehead atoms. The number of benzene rings is 2. The van der Waals surface area contributed by atoms with Gasteiger partial charge in [0.25, 0.3) is 5.56 Å². The number of aromatic nitrogens is 1. The number of allylic oxidation sites excluding steroid dienone is 1. The number of esters is 1. The molecular weight excluding hydrogens is 554 g/mol. The van der Waals surface area contributed by atoms with Gasteiger partial charge in [-0.05, 0) is 63.6 Å². The molecule has 0 aliphatic carbocycles. The number of carbonyl (C=O) groups is 1. The zero-order valence-electron chi connectivity index (χ0n) is 25.4. The minimum Gasteiger partial charge on any atom is -0.497 e. The zero-order chi connectivity index (χ0) is 30.4. The van der Waals surface area contributed by atoms with E-state index in [9.17, 15) is 9.59 Å². The van der Waals surface area contributed by atoms with Crippen LogP contribution in [0.1, 0.15) is 57.7 Å². The smallest absolute Gasteiger partial charge is 0.338 e. The molecule has 10 heteroatoms. The normalized spacial score (nSPS) is 14.7. The number of ether oxygens (including phenoxy) is 4. The molecule has 0 N–H and O–H groups in total. The van der Waals surface area contributed by atoms with Crippen molar-refractivity contribution in [3.63, 3.8) is 0 Å². The fraction of sp³-hybridized carbons (Fsp3) is 0.406. The lowest BCUT2D eigenvalue weighted by atomic mass is 9.93. The van der Waals surface area contributed by atoms with Gasteiger partial charge in [0.15, 0.2) is 4.80 Å². The third-order valence-corrected chi connectivity index (χ3v) is 8.24. The van der Waals surface area contributed by atoms with E-state index in [2.05, 4.69) is 18.7 Å². The third kappa shape index (κ3) is 5.94. The Balaban J connectivity index is 2.01. The lowest BCUT2D eigenvalue weighted by Crippen LogP contribution is -2.40. The molecule has 1 aliphatic rings. The molecule has 0 amide bonds. The lowest BCUT2D eigenvalue weighted by molar-refractivity contribution is -0.139. The highest BCUT2D eigenvalue weighted by Crippen LogP contribution is 2.38. The highest BCUT2D eigenvalue weighted by Gasteiger charge is 2.36. The summed E-state index contributed by atoms with van der Waals surface area (Å²) in [6.07, 6.45) is 3.12. The molecule has 0 unspecified atom stereocenters. The van der Waals surface area contributed by atoms with Gasteiger partial charge in [0.1, 0.15) is 23.3 Å². The summed E-state index contributed by atoms with van der Waals surface area (Å²) in [5.41, 5.74) is 3.07. The number of hydrogen-bond acceptors (Lipinski definition) is 9. The van der Waals surface area contributed by atoms with Gasteiger partial charge < -0.3 is 23.8 Å². The molecule has 9 nitrogen and oxygen atoms in total. The van der Waals surface area contributed by atoms with E-state index in [4.69, 9.17) is 23.9 Å². The fourth-order valence-electron chi connectivity index (χ4n) is 5.21. The molecule has 1 aliphatic heterocycles. The summed E-state index contributed by atoms with van der Waals surface area (Å²) in [6, 6.07) is 10.5. The minimum absolute atomic E-state index is 0.192. The maximum absolute atomic E-state index is 14.2. The van der Waals surface area contributed by atoms with Crippen molar-refractivity contribution in [2.24, 2.45) is 4.99 Å². The average molecular weight is 594 g/mol. The van der Waals surface area contributed by atoms with Gasteiger partial charge in [0, 0.05) is 36.0 Å². The van der Waals surface area contributed by atoms with Crippen LogP contribution in [0.5, 0.6) is 17.2 Å². The van der Waals surface area contributed by atoms with E-state index < -0.39 is 12.0 Å². The number of methoxy groups -OCH3 is 3. The summed E-state index contributed by atoms with van der Waals surface area (Å²) in [5, 5.41) is 0. The van der Waals surface area contributed by atoms with Crippen molar-refractivity contribution in [1.29, 1.82) is 0 Å². The van der Waals surface area contributed by atoms with Gasteiger partial charge >= 0.3 is 5.97 Å². The number of anilines is 1. The van der Waals surface area contributed by atoms with Gasteiger partial charge in [-0.1, -0.05) is 24.7 Å². The number of hydrogen-bond donors (Lipinski definition) is 0. The Morgan fingerprint density at radius 2 is 1.74 bits per heavy atom. The summed E-state index contributed by atoms with van der Waals surface area (Å²) in [6.45, 7) is 9.93. The molecule has 2 aromatic carbocycles. The number of rotatable bonds is 12. The molecule has 0 saturated carbocycles. The largest absolute Gasteiger partial charge is 0.497 e. The number of carbonyl (C=O) groups excluding carboxylic acids is 1. The van der Waals surface area contributed by atoms with E-state index in [1.54, 1.807) is 51.0 Å². The molecule has 3 aromatic rings. The van der Waals surface area contributed by atoms with Crippen molar-refractivity contribution in [2.45, 2.75) is 46.6 Å². The number of nitrogens with zero attached hydrogens (tertiary/aromatic N) is 3. The highest BCUT2D eigenvalue weighted by molar-refractivity contribution is 7.07. The van der Waals surface area contributed by atoms with Gasteiger partial charge in [0.2, 0.25) is 0 Å². The molecule has 1 atom stereocenters. The Labute approximate surface area is 250 Å². The van der Waals surface area contributed by atoms with Crippen LogP contribution < -0.4 is 34.0 Å². The second-order valence-electron chi connectivity index (χ2n) is 9.62. The Morgan fingerprint density at radius 1 is 1.00 bits per heavy atom. The monoisotopic (exact) mass is 593 g/mol. The Bertz CT molecular complexity index is 1650. The van der Waals surface area contributed by atoms with Crippen LogP contribution in [0.3, 0.4) is 0 Å². The molecule has 42 heavy (non-hydrogen) atoms. The highest BCUT2D eigenvalue weighted by atomic mass is 32.1. The van der Waals surface area contributed by atoms with Crippen LogP contribution in [0.25, 0.3) is 6.08 Å². The first kappa shape index (κ1) is 30.9. The summed E-state index contributed by atoms with van der Waals surface area (Å²) in [5.74, 6) is 1.24. The molecule has 0 radical (unpaired) electrons. The second-order valence-corrected chi connectivity index (χ2v) is 10.6. The van der Waals surface area contributed by atoms with E-state index in [1.165, 1.54) is 11.3 Å². The van der Waals surface area contributed by atoms with Crippen LogP contribution in [0.15, 0.2) is 57.5 Å². The number of thiazole rings is 1. The molecule has 1 aromatic heterocycles. The summed E-state index contributed by atoms with van der Waals surface area (Å²) in [4.78, 5) is 35.3. The van der Waals surface area contributed by atoms with Crippen molar-refractivity contribution in [2.75, 3.05) is 45.9 Å². The van der Waals surface area contributed by atoms with Crippen molar-refractivity contribution in [1.82, 2.24) is 4.57 Å². The van der Waals surface area contributed by atoms with Gasteiger partial charge in [-0.3, -0.25) is 9.36 Å². The van der Waals surface area contributed by atoms with Crippen LogP contribution in [0.4, 0.5) is 5.69 Å². The molecule has 2 heterocycles. The molecule has 4 rings (SSSR count). The van der Waals surface area contributed by atoms with E-state index >= 15 is 0 Å². The molecule has 224 valence electrons. The van der Waals surface area contributed by atoms with Gasteiger partial charge in [-0.2, -0.15) is 0 Å². The Morgan fingerprint density at radius 3 is 2.36 bits per heavy atom. The van der Waals surface area contributed by atoms with E-state index in [1.807, 2.05) is 31.2 Å². The quantitative estimate of drug-likeness (QED) is 0.287. The van der Waals surface area contributed by atoms with Crippen molar-refractivity contribution >= 4 is 29.1 Å². The maximum atomic E-state index is 14.2. The summed E-state index contributed by atoms with van der Waals surface area (Å²) >= 11 is 1.28. The van der Waals surface area contributed by atoms with Crippen LogP contribution in [0.2, 0.25) is 0 Å². The molecule has 0 spiro atoms. The summed E-state index contributed by atoms with van der Waals surface area (Å²) < 4.78 is 24.5. The standard InChI is InChI=1S/C32H39N3O6S/c1-8-12-24-28(31(37)41-11-4)29(23-19-22(38-5)15-16-25(23)39-6)35-30(36)27(42-32(35)33-24)17-20-13-14-21(18-26(20)40-7)34(9-2)10-3/h13-19,29H,8-12H2,1-7H3/b27-17-/t29-/m0/s1. The van der Waals surface area contributed by atoms with Gasteiger partial charge in [0.05, 0.1) is 43.7 Å².